The molecule has 5 heteroatoms. The fraction of sp³-hybridized carbons (Fsp3) is 0.909. The lowest BCUT2D eigenvalue weighted by Crippen LogP contribution is -2.56. The molecule has 0 aromatic carbocycles. The van der Waals surface area contributed by atoms with Crippen LogP contribution in [0.25, 0.3) is 0 Å². The molecule has 2 aliphatic heterocycles. The minimum absolute atomic E-state index is 0.107. The van der Waals surface area contributed by atoms with Gasteiger partial charge in [0.1, 0.15) is 5.60 Å². The second-order valence-corrected chi connectivity index (χ2v) is 4.74. The van der Waals surface area contributed by atoms with E-state index in [-0.39, 0.29) is 5.91 Å². The molecule has 0 atom stereocenters. The van der Waals surface area contributed by atoms with Gasteiger partial charge in [-0.05, 0) is 7.05 Å². The van der Waals surface area contributed by atoms with E-state index in [4.69, 9.17) is 4.74 Å². The Labute approximate surface area is 96.0 Å². The van der Waals surface area contributed by atoms with Crippen LogP contribution in [0.4, 0.5) is 0 Å². The first-order valence-corrected chi connectivity index (χ1v) is 5.90. The summed E-state index contributed by atoms with van der Waals surface area (Å²) in [5.74, 6) is -0.107. The van der Waals surface area contributed by atoms with Gasteiger partial charge in [-0.3, -0.25) is 4.79 Å². The number of rotatable bonds is 1. The molecule has 2 heterocycles. The monoisotopic (exact) mass is 228 g/mol. The summed E-state index contributed by atoms with van der Waals surface area (Å²) < 4.78 is 5.18. The third kappa shape index (κ3) is 2.36. The molecule has 1 N–H and O–H groups in total. The second-order valence-electron chi connectivity index (χ2n) is 4.74. The number of amides is 1. The number of carbonyl (C=O) groups excluding carboxylic acids is 1. The van der Waals surface area contributed by atoms with E-state index in [0.717, 1.165) is 26.2 Å². The van der Waals surface area contributed by atoms with Crippen molar-refractivity contribution >= 4 is 5.91 Å². The Balaban J connectivity index is 1.95. The molecule has 1 amide bonds. The molecule has 16 heavy (non-hydrogen) atoms. The van der Waals surface area contributed by atoms with Crippen LogP contribution in [0.15, 0.2) is 0 Å². The Bertz CT molecular complexity index is 256. The second kappa shape index (κ2) is 4.69. The van der Waals surface area contributed by atoms with Gasteiger partial charge >= 0.3 is 0 Å². The Morgan fingerprint density at radius 2 is 1.75 bits per heavy atom. The van der Waals surface area contributed by atoms with Crippen molar-refractivity contribution in [1.82, 2.24) is 9.80 Å². The molecule has 92 valence electrons. The van der Waals surface area contributed by atoms with Crippen molar-refractivity contribution in [3.8, 4) is 0 Å². The number of likely N-dealkylation sites (N-methyl/N-ethyl adjacent to an activating group) is 1. The first kappa shape index (κ1) is 11.8. The minimum atomic E-state index is -1.17. The molecule has 0 unspecified atom stereocenters. The summed E-state index contributed by atoms with van der Waals surface area (Å²) in [6, 6.07) is 0. The fourth-order valence-electron chi connectivity index (χ4n) is 2.23. The molecule has 0 aliphatic carbocycles. The molecular weight excluding hydrogens is 208 g/mol. The van der Waals surface area contributed by atoms with E-state index < -0.39 is 5.60 Å². The SMILES string of the molecule is CN1CCN(C(=O)C2(O)CCOCC2)CC1. The van der Waals surface area contributed by atoms with Crippen LogP contribution in [-0.4, -0.2) is 72.9 Å². The quantitative estimate of drug-likeness (QED) is 0.645. The van der Waals surface area contributed by atoms with Crippen LogP contribution >= 0.6 is 0 Å². The van der Waals surface area contributed by atoms with E-state index >= 15 is 0 Å². The highest BCUT2D eigenvalue weighted by Crippen LogP contribution is 2.23. The third-order valence-electron chi connectivity index (χ3n) is 3.51. The maximum atomic E-state index is 12.2. The molecule has 0 aromatic rings. The van der Waals surface area contributed by atoms with E-state index in [1.54, 1.807) is 4.90 Å². The first-order chi connectivity index (χ1) is 7.62. The zero-order valence-electron chi connectivity index (χ0n) is 9.81. The van der Waals surface area contributed by atoms with Gasteiger partial charge < -0.3 is 19.6 Å². The van der Waals surface area contributed by atoms with Crippen molar-refractivity contribution in [3.05, 3.63) is 0 Å². The van der Waals surface area contributed by atoms with E-state index in [1.807, 2.05) is 7.05 Å². The standard InChI is InChI=1S/C11H20N2O3/c1-12-4-6-13(7-5-12)10(14)11(15)2-8-16-9-3-11/h15H,2-9H2,1H3. The molecule has 2 fully saturated rings. The molecule has 0 bridgehead atoms. The Morgan fingerprint density at radius 3 is 2.31 bits per heavy atom. The lowest BCUT2D eigenvalue weighted by molar-refractivity contribution is -0.162. The normalized spacial score (nSPS) is 26.8. The van der Waals surface area contributed by atoms with Crippen LogP contribution < -0.4 is 0 Å². The summed E-state index contributed by atoms with van der Waals surface area (Å²) in [5, 5.41) is 10.3. The molecule has 0 radical (unpaired) electrons. The van der Waals surface area contributed by atoms with Crippen molar-refractivity contribution in [2.45, 2.75) is 18.4 Å². The van der Waals surface area contributed by atoms with Gasteiger partial charge in [0, 0.05) is 52.2 Å². The van der Waals surface area contributed by atoms with E-state index in [9.17, 15) is 9.90 Å². The van der Waals surface area contributed by atoms with Crippen LogP contribution in [-0.2, 0) is 9.53 Å². The highest BCUT2D eigenvalue weighted by atomic mass is 16.5. The van der Waals surface area contributed by atoms with Gasteiger partial charge in [-0.15, -0.1) is 0 Å². The lowest BCUT2D eigenvalue weighted by atomic mass is 9.92. The smallest absolute Gasteiger partial charge is 0.254 e. The van der Waals surface area contributed by atoms with Crippen molar-refractivity contribution in [2.24, 2.45) is 0 Å². The molecule has 0 saturated carbocycles. The number of piperazine rings is 1. The molecule has 2 aliphatic rings. The minimum Gasteiger partial charge on any atom is -0.381 e. The fourth-order valence-corrected chi connectivity index (χ4v) is 2.23. The van der Waals surface area contributed by atoms with Crippen LogP contribution in [0.1, 0.15) is 12.8 Å². The number of hydrogen-bond donors (Lipinski definition) is 1. The molecule has 2 saturated heterocycles. The third-order valence-corrected chi connectivity index (χ3v) is 3.51. The lowest BCUT2D eigenvalue weighted by Gasteiger charge is -2.39. The van der Waals surface area contributed by atoms with E-state index in [1.165, 1.54) is 0 Å². The topological polar surface area (TPSA) is 53.0 Å². The molecule has 0 spiro atoms. The number of nitrogens with zero attached hydrogens (tertiary/aromatic N) is 2. The molecule has 0 aromatic heterocycles. The molecular formula is C11H20N2O3. The highest BCUT2D eigenvalue weighted by molar-refractivity contribution is 5.85. The van der Waals surface area contributed by atoms with Crippen LogP contribution in [0, 0.1) is 0 Å². The zero-order valence-corrected chi connectivity index (χ0v) is 9.81. The van der Waals surface area contributed by atoms with Gasteiger partial charge in [0.2, 0.25) is 0 Å². The Hall–Kier alpha value is -0.650. The largest absolute Gasteiger partial charge is 0.381 e. The number of aliphatic hydroxyl groups is 1. The molecule has 5 nitrogen and oxygen atoms in total. The Morgan fingerprint density at radius 1 is 1.19 bits per heavy atom. The van der Waals surface area contributed by atoms with Crippen molar-refractivity contribution < 1.29 is 14.6 Å². The van der Waals surface area contributed by atoms with Gasteiger partial charge in [-0.1, -0.05) is 0 Å². The van der Waals surface area contributed by atoms with Crippen LogP contribution in [0.5, 0.6) is 0 Å². The van der Waals surface area contributed by atoms with Gasteiger partial charge in [-0.25, -0.2) is 0 Å². The summed E-state index contributed by atoms with van der Waals surface area (Å²) >= 11 is 0. The van der Waals surface area contributed by atoms with E-state index in [0.29, 0.717) is 26.1 Å². The summed E-state index contributed by atoms with van der Waals surface area (Å²) in [5.41, 5.74) is -1.17. The van der Waals surface area contributed by atoms with Crippen molar-refractivity contribution in [1.29, 1.82) is 0 Å². The van der Waals surface area contributed by atoms with Gasteiger partial charge in [0.15, 0.2) is 0 Å². The van der Waals surface area contributed by atoms with E-state index in [2.05, 4.69) is 4.90 Å². The summed E-state index contributed by atoms with van der Waals surface area (Å²) in [4.78, 5) is 16.2. The van der Waals surface area contributed by atoms with Gasteiger partial charge in [0.05, 0.1) is 0 Å². The average Bonchev–Trinajstić information content (AvgIpc) is 2.30. The highest BCUT2D eigenvalue weighted by Gasteiger charge is 2.41. The van der Waals surface area contributed by atoms with Crippen molar-refractivity contribution in [3.63, 3.8) is 0 Å². The first-order valence-electron chi connectivity index (χ1n) is 5.90. The van der Waals surface area contributed by atoms with Gasteiger partial charge in [0.25, 0.3) is 5.91 Å². The predicted octanol–water partition coefficient (Wildman–Crippen LogP) is -0.698. The predicted molar refractivity (Wildman–Crippen MR) is 59.1 cm³/mol. The maximum absolute atomic E-state index is 12.2. The van der Waals surface area contributed by atoms with Gasteiger partial charge in [-0.2, -0.15) is 0 Å². The number of hydrogen-bond acceptors (Lipinski definition) is 4. The maximum Gasteiger partial charge on any atom is 0.254 e. The number of ether oxygens (including phenoxy) is 1. The summed E-state index contributed by atoms with van der Waals surface area (Å²) in [6.45, 7) is 4.18. The average molecular weight is 228 g/mol. The van der Waals surface area contributed by atoms with Crippen LogP contribution in [0.2, 0.25) is 0 Å². The molecule has 2 rings (SSSR count). The zero-order chi connectivity index (χ0) is 11.6. The van der Waals surface area contributed by atoms with Crippen LogP contribution in [0.3, 0.4) is 0 Å². The Kier molecular flexibility index (Phi) is 3.47. The van der Waals surface area contributed by atoms with Crippen molar-refractivity contribution in [2.75, 3.05) is 46.4 Å². The summed E-state index contributed by atoms with van der Waals surface area (Å²) in [7, 11) is 2.05. The summed E-state index contributed by atoms with van der Waals surface area (Å²) in [6.07, 6.45) is 0.857. The number of carbonyl (C=O) groups is 1.